The summed E-state index contributed by atoms with van der Waals surface area (Å²) in [5, 5.41) is 0. The van der Waals surface area contributed by atoms with Crippen LogP contribution in [0.3, 0.4) is 0 Å². The molecule has 0 amide bonds. The molecule has 0 N–H and O–H groups in total. The summed E-state index contributed by atoms with van der Waals surface area (Å²) in [4.78, 5) is 0. The molecular weight excluding hydrogens is 234 g/mol. The van der Waals surface area contributed by atoms with Crippen molar-refractivity contribution in [1.29, 1.82) is 0 Å². The molecule has 0 saturated carbocycles. The molecule has 4 heteroatoms. The highest BCUT2D eigenvalue weighted by Crippen LogP contribution is 2.60. The number of hydrogen-bond donors (Lipinski definition) is 0. The van der Waals surface area contributed by atoms with Crippen molar-refractivity contribution in [2.75, 3.05) is 6.54 Å². The van der Waals surface area contributed by atoms with E-state index in [1.807, 2.05) is 22.5 Å². The highest BCUT2D eigenvalue weighted by molar-refractivity contribution is 7.78. The lowest BCUT2D eigenvalue weighted by Crippen LogP contribution is -2.40. The van der Waals surface area contributed by atoms with E-state index in [1.54, 1.807) is 0 Å². The Morgan fingerprint density at radius 3 is 2.71 bits per heavy atom. The van der Waals surface area contributed by atoms with Crippen molar-refractivity contribution in [2.24, 2.45) is 0 Å². The SMILES string of the molecule is CCC[C@@]1(C)OS(=O)N2C[C@@]21c1ccccc1. The van der Waals surface area contributed by atoms with Crippen molar-refractivity contribution in [1.82, 2.24) is 4.31 Å². The van der Waals surface area contributed by atoms with Crippen LogP contribution in [0.15, 0.2) is 30.3 Å². The Kier molecular flexibility index (Phi) is 2.44. The van der Waals surface area contributed by atoms with Gasteiger partial charge in [-0.25, -0.2) is 4.21 Å². The minimum absolute atomic E-state index is 0.158. The molecule has 2 aliphatic heterocycles. The Morgan fingerprint density at radius 2 is 2.12 bits per heavy atom. The fraction of sp³-hybridized carbons (Fsp3) is 0.538. The molecule has 1 aromatic carbocycles. The van der Waals surface area contributed by atoms with Crippen molar-refractivity contribution in [2.45, 2.75) is 37.8 Å². The van der Waals surface area contributed by atoms with E-state index >= 15 is 0 Å². The zero-order valence-electron chi connectivity index (χ0n) is 10.2. The fourth-order valence-corrected chi connectivity index (χ4v) is 4.51. The van der Waals surface area contributed by atoms with Gasteiger partial charge in [-0.2, -0.15) is 4.31 Å². The van der Waals surface area contributed by atoms with Crippen LogP contribution in [-0.2, 0) is 21.0 Å². The summed E-state index contributed by atoms with van der Waals surface area (Å²) in [7, 11) is 0. The summed E-state index contributed by atoms with van der Waals surface area (Å²) in [6.45, 7) is 5.08. The van der Waals surface area contributed by atoms with E-state index in [1.165, 1.54) is 5.56 Å². The number of rotatable bonds is 3. The van der Waals surface area contributed by atoms with E-state index in [0.29, 0.717) is 0 Å². The second kappa shape index (κ2) is 3.64. The lowest BCUT2D eigenvalue weighted by atomic mass is 9.80. The van der Waals surface area contributed by atoms with Crippen LogP contribution in [0.5, 0.6) is 0 Å². The van der Waals surface area contributed by atoms with Gasteiger partial charge in [-0.05, 0) is 18.9 Å². The topological polar surface area (TPSA) is 29.3 Å². The molecule has 0 aromatic heterocycles. The van der Waals surface area contributed by atoms with Crippen LogP contribution in [0, 0.1) is 0 Å². The minimum Gasteiger partial charge on any atom is -0.269 e. The van der Waals surface area contributed by atoms with Crippen LogP contribution < -0.4 is 0 Å². The summed E-state index contributed by atoms with van der Waals surface area (Å²) in [6, 6.07) is 10.3. The van der Waals surface area contributed by atoms with E-state index < -0.39 is 11.3 Å². The normalized spacial score (nSPS) is 43.4. The fourth-order valence-electron chi connectivity index (χ4n) is 3.03. The molecule has 3 rings (SSSR count). The van der Waals surface area contributed by atoms with Gasteiger partial charge < -0.3 is 0 Å². The highest BCUT2D eigenvalue weighted by Gasteiger charge is 2.73. The summed E-state index contributed by atoms with van der Waals surface area (Å²) in [5.74, 6) is 0. The molecule has 4 atom stereocenters. The second-order valence-electron chi connectivity index (χ2n) is 5.04. The van der Waals surface area contributed by atoms with Crippen molar-refractivity contribution in [3.05, 3.63) is 35.9 Å². The van der Waals surface area contributed by atoms with Crippen LogP contribution >= 0.6 is 0 Å². The van der Waals surface area contributed by atoms with Gasteiger partial charge in [0.05, 0.1) is 0 Å². The molecule has 0 aliphatic carbocycles. The molecular formula is C13H17NO2S. The van der Waals surface area contributed by atoms with Gasteiger partial charge in [0, 0.05) is 6.54 Å². The van der Waals surface area contributed by atoms with Gasteiger partial charge in [-0.15, -0.1) is 0 Å². The highest BCUT2D eigenvalue weighted by atomic mass is 32.2. The third kappa shape index (κ3) is 1.38. The minimum atomic E-state index is -1.27. The predicted molar refractivity (Wildman–Crippen MR) is 67.4 cm³/mol. The van der Waals surface area contributed by atoms with E-state index in [9.17, 15) is 4.21 Å². The Bertz CT molecular complexity index is 464. The Balaban J connectivity index is 2.05. The molecule has 2 fully saturated rings. The molecule has 3 nitrogen and oxygen atoms in total. The van der Waals surface area contributed by atoms with E-state index in [2.05, 4.69) is 26.0 Å². The lowest BCUT2D eigenvalue weighted by molar-refractivity contribution is 0.0684. The molecule has 2 saturated heterocycles. The van der Waals surface area contributed by atoms with Crippen LogP contribution in [0.1, 0.15) is 32.3 Å². The molecule has 17 heavy (non-hydrogen) atoms. The van der Waals surface area contributed by atoms with Gasteiger partial charge in [0.2, 0.25) is 11.3 Å². The standard InChI is InChI=1S/C13H17NO2S/c1-3-9-12(2)13(10-14(13)17(15)16-12)11-7-5-4-6-8-11/h4-8H,3,9-10H2,1-2H3/t12-,13+,14?,17?/m1/s1. The van der Waals surface area contributed by atoms with Crippen molar-refractivity contribution < 1.29 is 8.39 Å². The average molecular weight is 251 g/mol. The third-order valence-corrected chi connectivity index (χ3v) is 5.29. The summed E-state index contributed by atoms with van der Waals surface area (Å²) < 4.78 is 19.6. The van der Waals surface area contributed by atoms with Gasteiger partial charge in [0.1, 0.15) is 11.1 Å². The number of nitrogens with zero attached hydrogens (tertiary/aromatic N) is 1. The number of hydrogen-bond acceptors (Lipinski definition) is 2. The quantitative estimate of drug-likeness (QED) is 0.772. The Hall–Kier alpha value is -0.710. The first-order chi connectivity index (χ1) is 8.14. The van der Waals surface area contributed by atoms with Crippen molar-refractivity contribution >= 4 is 11.3 Å². The maximum Gasteiger partial charge on any atom is 0.238 e. The van der Waals surface area contributed by atoms with Crippen LogP contribution in [0.25, 0.3) is 0 Å². The molecule has 2 heterocycles. The number of benzene rings is 1. The van der Waals surface area contributed by atoms with Gasteiger partial charge in [0.25, 0.3) is 0 Å². The maximum absolute atomic E-state index is 11.9. The molecule has 0 spiro atoms. The van der Waals surface area contributed by atoms with Crippen molar-refractivity contribution in [3.63, 3.8) is 0 Å². The summed E-state index contributed by atoms with van der Waals surface area (Å²) in [6.07, 6.45) is 1.97. The maximum atomic E-state index is 11.9. The second-order valence-corrected chi connectivity index (χ2v) is 6.09. The molecule has 2 aliphatic rings. The zero-order valence-corrected chi connectivity index (χ0v) is 11.0. The molecule has 92 valence electrons. The monoisotopic (exact) mass is 251 g/mol. The first kappa shape index (κ1) is 11.4. The molecule has 0 radical (unpaired) electrons. The van der Waals surface area contributed by atoms with Crippen molar-refractivity contribution in [3.8, 4) is 0 Å². The molecule has 0 bridgehead atoms. The summed E-state index contributed by atoms with van der Waals surface area (Å²) in [5.41, 5.74) is 0.741. The first-order valence-corrected chi connectivity index (χ1v) is 7.12. The van der Waals surface area contributed by atoms with Gasteiger partial charge in [-0.1, -0.05) is 43.7 Å². The Morgan fingerprint density at radius 1 is 1.41 bits per heavy atom. The average Bonchev–Trinajstić information content (AvgIpc) is 3.03. The molecule has 1 aromatic rings. The van der Waals surface area contributed by atoms with E-state index in [-0.39, 0.29) is 11.1 Å². The Labute approximate surface area is 105 Å². The van der Waals surface area contributed by atoms with Gasteiger partial charge in [0.15, 0.2) is 0 Å². The summed E-state index contributed by atoms with van der Waals surface area (Å²) >= 11 is -1.27. The van der Waals surface area contributed by atoms with E-state index in [0.717, 1.165) is 19.4 Å². The van der Waals surface area contributed by atoms with Crippen LogP contribution in [-0.4, -0.2) is 20.7 Å². The van der Waals surface area contributed by atoms with Crippen LogP contribution in [0.2, 0.25) is 0 Å². The van der Waals surface area contributed by atoms with Gasteiger partial charge >= 0.3 is 0 Å². The van der Waals surface area contributed by atoms with E-state index in [4.69, 9.17) is 4.18 Å². The zero-order chi connectivity index (χ0) is 12.1. The largest absolute Gasteiger partial charge is 0.269 e. The third-order valence-electron chi connectivity index (χ3n) is 3.98. The molecule has 2 unspecified atom stereocenters. The number of fused-ring (bicyclic) bond motifs is 1. The first-order valence-electron chi connectivity index (χ1n) is 6.08. The van der Waals surface area contributed by atoms with Crippen LogP contribution in [0.4, 0.5) is 0 Å². The lowest BCUT2D eigenvalue weighted by Gasteiger charge is -2.30. The van der Waals surface area contributed by atoms with Gasteiger partial charge in [-0.3, -0.25) is 4.18 Å². The smallest absolute Gasteiger partial charge is 0.238 e. The predicted octanol–water partition coefficient (Wildman–Crippen LogP) is 2.37.